The van der Waals surface area contributed by atoms with Crippen molar-refractivity contribution < 1.29 is 4.42 Å². The third kappa shape index (κ3) is 2.72. The van der Waals surface area contributed by atoms with Gasteiger partial charge in [-0.2, -0.15) is 0 Å². The van der Waals surface area contributed by atoms with Gasteiger partial charge in [-0.15, -0.1) is 0 Å². The zero-order valence-electron chi connectivity index (χ0n) is 26.0. The lowest BCUT2D eigenvalue weighted by Gasteiger charge is -2.47. The number of rotatable bonds is 0. The van der Waals surface area contributed by atoms with Crippen LogP contribution in [0.1, 0.15) is 0 Å². The van der Waals surface area contributed by atoms with E-state index in [2.05, 4.69) is 150 Å². The van der Waals surface area contributed by atoms with Crippen molar-refractivity contribution >= 4 is 108 Å². The third-order valence-electron chi connectivity index (χ3n) is 11.5. The van der Waals surface area contributed by atoms with Crippen LogP contribution in [0, 0.1) is 0 Å². The van der Waals surface area contributed by atoms with E-state index in [0.717, 1.165) is 11.2 Å². The molecule has 12 rings (SSSR count). The maximum Gasteiger partial charge on any atom is 0.333 e. The first kappa shape index (κ1) is 24.7. The lowest BCUT2D eigenvalue weighted by atomic mass is 9.45. The summed E-state index contributed by atoms with van der Waals surface area (Å²) in [6.07, 6.45) is 0. The number of furan rings is 1. The highest BCUT2D eigenvalue weighted by Gasteiger charge is 2.49. The summed E-state index contributed by atoms with van der Waals surface area (Å²) >= 11 is 0. The summed E-state index contributed by atoms with van der Waals surface area (Å²) in [6, 6.07) is 47.7. The van der Waals surface area contributed by atoms with E-state index in [1.54, 1.807) is 0 Å². The van der Waals surface area contributed by atoms with Gasteiger partial charge in [0.25, 0.3) is 0 Å². The molecule has 0 atom stereocenters. The molecule has 0 spiro atoms. The first-order valence-corrected chi connectivity index (χ1v) is 19.6. The van der Waals surface area contributed by atoms with Gasteiger partial charge in [-0.3, -0.25) is 0 Å². The van der Waals surface area contributed by atoms with Gasteiger partial charge in [-0.1, -0.05) is 122 Å². The molecular formula is C42H27BN2OSi. The van der Waals surface area contributed by atoms with E-state index in [-0.39, 0.29) is 6.85 Å². The Morgan fingerprint density at radius 1 is 0.574 bits per heavy atom. The van der Waals surface area contributed by atoms with Gasteiger partial charge in [0.15, 0.2) is 0 Å². The topological polar surface area (TPSA) is 21.3 Å². The van der Waals surface area contributed by atoms with Crippen LogP contribution >= 0.6 is 0 Å². The molecule has 218 valence electrons. The molecular weight excluding hydrogens is 587 g/mol. The minimum Gasteiger partial charge on any atom is -0.456 e. The summed E-state index contributed by atoms with van der Waals surface area (Å²) in [5.74, 6) is 0. The molecule has 0 radical (unpaired) electrons. The van der Waals surface area contributed by atoms with Crippen LogP contribution < -0.4 is 26.2 Å². The Labute approximate surface area is 272 Å². The molecule has 0 saturated carbocycles. The number of nitrogens with zero attached hydrogens (tertiary/aromatic N) is 2. The molecule has 7 aromatic carbocycles. The number of aromatic nitrogens is 1. The van der Waals surface area contributed by atoms with Crippen molar-refractivity contribution in [1.29, 1.82) is 0 Å². The Hall–Kier alpha value is -5.52. The van der Waals surface area contributed by atoms with Gasteiger partial charge in [0.05, 0.1) is 11.1 Å². The average Bonchev–Trinajstić information content (AvgIpc) is 3.66. The van der Waals surface area contributed by atoms with Crippen LogP contribution in [0.5, 0.6) is 0 Å². The summed E-state index contributed by atoms with van der Waals surface area (Å²) in [5, 5.41) is 10.6. The lowest BCUT2D eigenvalue weighted by molar-refractivity contribution is 0.669. The fraction of sp³-hybridized carbons (Fsp3) is 0.0476. The monoisotopic (exact) mass is 614 g/mol. The maximum atomic E-state index is 6.75. The molecule has 0 aliphatic carbocycles. The predicted octanol–water partition coefficient (Wildman–Crippen LogP) is 8.40. The van der Waals surface area contributed by atoms with Crippen LogP contribution in [0.15, 0.2) is 132 Å². The fourth-order valence-electron chi connectivity index (χ4n) is 9.61. The van der Waals surface area contributed by atoms with Gasteiger partial charge in [-0.05, 0) is 50.4 Å². The zero-order chi connectivity index (χ0) is 30.8. The first-order chi connectivity index (χ1) is 23.1. The molecule has 0 amide bonds. The van der Waals surface area contributed by atoms with Crippen molar-refractivity contribution in [3.8, 4) is 11.1 Å². The second kappa shape index (κ2) is 8.06. The summed E-state index contributed by atoms with van der Waals surface area (Å²) in [7, 11) is -2.04. The standard InChI is InChI=1S/C42H27BN2OSi/c1-47(2)35-19-8-6-17-32(35)44-41-31(16-10-20-36(41)47)43-38-30(23-34-37(42(38)44)29-13-5-7-18-33(29)46-34)27-15-9-14-26-28-22-21-24-11-3-4-12-25(24)39(28)45(43)40(26)27/h3-23H,1-2H3. The highest BCUT2D eigenvalue weighted by atomic mass is 28.3. The predicted molar refractivity (Wildman–Crippen MR) is 202 cm³/mol. The Morgan fingerprint density at radius 3 is 2.26 bits per heavy atom. The number of benzene rings is 7. The molecule has 3 aliphatic rings. The second-order valence-electron chi connectivity index (χ2n) is 14.0. The molecule has 5 heterocycles. The molecule has 0 saturated heterocycles. The van der Waals surface area contributed by atoms with Crippen LogP contribution in [0.2, 0.25) is 13.1 Å². The normalized spacial score (nSPS) is 15.1. The number of fused-ring (bicyclic) bond motifs is 15. The number of hydrogen-bond acceptors (Lipinski definition) is 2. The largest absolute Gasteiger partial charge is 0.456 e. The Balaban J connectivity index is 1.38. The lowest BCUT2D eigenvalue weighted by Crippen LogP contribution is -2.65. The number of para-hydroxylation sites is 4. The molecule has 9 aromatic rings. The average molecular weight is 615 g/mol. The van der Waals surface area contributed by atoms with E-state index in [0.29, 0.717) is 0 Å². The van der Waals surface area contributed by atoms with Crippen LogP contribution in [0.4, 0.5) is 17.1 Å². The van der Waals surface area contributed by atoms with Crippen LogP contribution in [0.3, 0.4) is 0 Å². The van der Waals surface area contributed by atoms with E-state index in [4.69, 9.17) is 4.42 Å². The quantitative estimate of drug-likeness (QED) is 0.160. The van der Waals surface area contributed by atoms with Crippen LogP contribution in [-0.4, -0.2) is 19.4 Å². The van der Waals surface area contributed by atoms with Crippen molar-refractivity contribution in [2.24, 2.45) is 0 Å². The Kier molecular flexibility index (Phi) is 4.23. The molecule has 0 bridgehead atoms. The fourth-order valence-corrected chi connectivity index (χ4v) is 12.6. The van der Waals surface area contributed by atoms with Gasteiger partial charge < -0.3 is 13.8 Å². The molecule has 47 heavy (non-hydrogen) atoms. The molecule has 0 unspecified atom stereocenters. The second-order valence-corrected chi connectivity index (χ2v) is 18.4. The Morgan fingerprint density at radius 2 is 1.32 bits per heavy atom. The van der Waals surface area contributed by atoms with E-state index in [9.17, 15) is 0 Å². The molecule has 2 aromatic heterocycles. The molecule has 0 fully saturated rings. The highest BCUT2D eigenvalue weighted by molar-refractivity contribution is 7.04. The van der Waals surface area contributed by atoms with Crippen LogP contribution in [0.25, 0.3) is 65.6 Å². The van der Waals surface area contributed by atoms with E-state index < -0.39 is 8.07 Å². The van der Waals surface area contributed by atoms with Gasteiger partial charge in [0, 0.05) is 49.5 Å². The van der Waals surface area contributed by atoms with Crippen molar-refractivity contribution in [3.63, 3.8) is 0 Å². The minimum atomic E-state index is -2.04. The zero-order valence-corrected chi connectivity index (χ0v) is 27.0. The van der Waals surface area contributed by atoms with E-state index >= 15 is 0 Å². The van der Waals surface area contributed by atoms with Crippen molar-refractivity contribution in [1.82, 2.24) is 4.48 Å². The van der Waals surface area contributed by atoms with Crippen molar-refractivity contribution in [3.05, 3.63) is 127 Å². The van der Waals surface area contributed by atoms with E-state index in [1.807, 2.05) is 0 Å². The number of hydrogen-bond donors (Lipinski definition) is 0. The summed E-state index contributed by atoms with van der Waals surface area (Å²) in [5.41, 5.74) is 13.8. The number of anilines is 3. The SMILES string of the molecule is C[Si]1(C)c2ccccc2N2c3c(cccc31)B1c3c(cc4oc5ccccc5c4c32)-c2cccc3c4ccc5ccccc5c4n1c23. The van der Waals surface area contributed by atoms with Crippen molar-refractivity contribution in [2.75, 3.05) is 4.90 Å². The molecule has 5 heteroatoms. The van der Waals surface area contributed by atoms with Gasteiger partial charge in [0.1, 0.15) is 19.2 Å². The third-order valence-corrected chi connectivity index (χ3v) is 15.0. The summed E-state index contributed by atoms with van der Waals surface area (Å²) < 4.78 is 9.47. The minimum absolute atomic E-state index is 0.0139. The first-order valence-electron chi connectivity index (χ1n) is 16.6. The Bertz CT molecular complexity index is 2910. The smallest absolute Gasteiger partial charge is 0.333 e. The van der Waals surface area contributed by atoms with Crippen molar-refractivity contribution in [2.45, 2.75) is 13.1 Å². The molecule has 0 N–H and O–H groups in total. The highest BCUT2D eigenvalue weighted by Crippen LogP contribution is 2.50. The molecule has 3 aliphatic heterocycles. The van der Waals surface area contributed by atoms with Gasteiger partial charge in [0.2, 0.25) is 0 Å². The van der Waals surface area contributed by atoms with Gasteiger partial charge >= 0.3 is 6.85 Å². The summed E-state index contributed by atoms with van der Waals surface area (Å²) in [6.45, 7) is 5.07. The maximum absolute atomic E-state index is 6.75. The van der Waals surface area contributed by atoms with Crippen LogP contribution in [-0.2, 0) is 0 Å². The van der Waals surface area contributed by atoms with Gasteiger partial charge in [-0.25, -0.2) is 0 Å². The van der Waals surface area contributed by atoms with E-state index in [1.165, 1.54) is 92.8 Å². The molecule has 3 nitrogen and oxygen atoms in total. The summed E-state index contributed by atoms with van der Waals surface area (Å²) in [4.78, 5) is 2.63.